The third kappa shape index (κ3) is 6.10. The molecule has 1 saturated heterocycles. The van der Waals surface area contributed by atoms with Crippen LogP contribution in [0.15, 0.2) is 30.3 Å². The summed E-state index contributed by atoms with van der Waals surface area (Å²) in [4.78, 5) is 27.4. The Kier molecular flexibility index (Phi) is 6.66. The van der Waals surface area contributed by atoms with Crippen molar-refractivity contribution in [1.29, 1.82) is 0 Å². The highest BCUT2D eigenvalue weighted by Crippen LogP contribution is 2.19. The van der Waals surface area contributed by atoms with Crippen LogP contribution in [0.4, 0.5) is 10.5 Å². The van der Waals surface area contributed by atoms with Crippen molar-refractivity contribution in [2.75, 3.05) is 37.7 Å². The van der Waals surface area contributed by atoms with Crippen LogP contribution in [0.3, 0.4) is 0 Å². The average Bonchev–Trinajstić information content (AvgIpc) is 2.59. The molecule has 1 aromatic carbocycles. The topological polar surface area (TPSA) is 59.1 Å². The van der Waals surface area contributed by atoms with Gasteiger partial charge in [-0.1, -0.05) is 12.1 Å². The van der Waals surface area contributed by atoms with Crippen molar-refractivity contribution in [3.05, 3.63) is 35.9 Å². The summed E-state index contributed by atoms with van der Waals surface area (Å²) in [7, 11) is 0. The second kappa shape index (κ2) is 8.74. The molecular formula is C20H28N2O4. The van der Waals surface area contributed by atoms with Gasteiger partial charge < -0.3 is 19.3 Å². The molecule has 0 saturated carbocycles. The summed E-state index contributed by atoms with van der Waals surface area (Å²) in [6.45, 7) is 10.6. The van der Waals surface area contributed by atoms with Gasteiger partial charge >= 0.3 is 12.1 Å². The van der Waals surface area contributed by atoms with Crippen LogP contribution in [-0.2, 0) is 14.3 Å². The largest absolute Gasteiger partial charge is 0.463 e. The van der Waals surface area contributed by atoms with Gasteiger partial charge in [0, 0.05) is 37.9 Å². The normalized spacial score (nSPS) is 15.2. The SMILES string of the molecule is CCOC(=O)C=Cc1ccc(N2CCN(C(=O)OC(C)(C)C)CC2)cc1. The molecule has 0 unspecified atom stereocenters. The summed E-state index contributed by atoms with van der Waals surface area (Å²) in [5, 5.41) is 0. The van der Waals surface area contributed by atoms with Gasteiger partial charge in [0.15, 0.2) is 0 Å². The Bertz CT molecular complexity index is 639. The van der Waals surface area contributed by atoms with Crippen molar-refractivity contribution in [3.63, 3.8) is 0 Å². The number of anilines is 1. The Morgan fingerprint density at radius 2 is 1.69 bits per heavy atom. The molecule has 6 heteroatoms. The Morgan fingerprint density at radius 1 is 1.08 bits per heavy atom. The van der Waals surface area contributed by atoms with Crippen LogP contribution in [0, 0.1) is 0 Å². The van der Waals surface area contributed by atoms with E-state index in [2.05, 4.69) is 4.90 Å². The third-order valence-electron chi connectivity index (χ3n) is 3.89. The fraction of sp³-hybridized carbons (Fsp3) is 0.500. The van der Waals surface area contributed by atoms with Gasteiger partial charge in [0.25, 0.3) is 0 Å². The van der Waals surface area contributed by atoms with Crippen LogP contribution < -0.4 is 4.90 Å². The van der Waals surface area contributed by atoms with E-state index in [0.29, 0.717) is 19.7 Å². The van der Waals surface area contributed by atoms with Crippen molar-refractivity contribution in [1.82, 2.24) is 4.90 Å². The molecule has 0 aliphatic carbocycles. The molecule has 0 N–H and O–H groups in total. The number of benzene rings is 1. The molecule has 1 aromatic rings. The van der Waals surface area contributed by atoms with E-state index < -0.39 is 5.60 Å². The molecule has 0 spiro atoms. The lowest BCUT2D eigenvalue weighted by Crippen LogP contribution is -2.50. The monoisotopic (exact) mass is 360 g/mol. The molecule has 1 heterocycles. The predicted octanol–water partition coefficient (Wildman–Crippen LogP) is 3.32. The second-order valence-electron chi connectivity index (χ2n) is 7.13. The Labute approximate surface area is 155 Å². The average molecular weight is 360 g/mol. The first kappa shape index (κ1) is 19.8. The Balaban J connectivity index is 1.87. The standard InChI is InChI=1S/C20H28N2O4/c1-5-25-18(23)11-8-16-6-9-17(10-7-16)21-12-14-22(15-13-21)19(24)26-20(2,3)4/h6-11H,5,12-15H2,1-4H3. The van der Waals surface area contributed by atoms with Crippen LogP contribution >= 0.6 is 0 Å². The lowest BCUT2D eigenvalue weighted by atomic mass is 10.1. The second-order valence-corrected chi connectivity index (χ2v) is 7.13. The number of carbonyl (C=O) groups excluding carboxylic acids is 2. The molecule has 2 rings (SSSR count). The minimum absolute atomic E-state index is 0.253. The minimum Gasteiger partial charge on any atom is -0.463 e. The predicted molar refractivity (Wildman–Crippen MR) is 102 cm³/mol. The number of hydrogen-bond acceptors (Lipinski definition) is 5. The zero-order valence-electron chi connectivity index (χ0n) is 16.0. The molecule has 6 nitrogen and oxygen atoms in total. The van der Waals surface area contributed by atoms with Gasteiger partial charge in [-0.15, -0.1) is 0 Å². The maximum Gasteiger partial charge on any atom is 0.410 e. The van der Waals surface area contributed by atoms with E-state index in [-0.39, 0.29) is 12.1 Å². The Hall–Kier alpha value is -2.50. The van der Waals surface area contributed by atoms with E-state index in [9.17, 15) is 9.59 Å². The maximum atomic E-state index is 12.1. The highest BCUT2D eigenvalue weighted by Gasteiger charge is 2.25. The Morgan fingerprint density at radius 3 is 2.23 bits per heavy atom. The zero-order valence-corrected chi connectivity index (χ0v) is 16.0. The molecule has 26 heavy (non-hydrogen) atoms. The van der Waals surface area contributed by atoms with Crippen molar-refractivity contribution in [2.45, 2.75) is 33.3 Å². The van der Waals surface area contributed by atoms with E-state index in [1.807, 2.05) is 45.0 Å². The summed E-state index contributed by atoms with van der Waals surface area (Å²) >= 11 is 0. The lowest BCUT2D eigenvalue weighted by molar-refractivity contribution is -0.137. The summed E-state index contributed by atoms with van der Waals surface area (Å²) < 4.78 is 10.3. The van der Waals surface area contributed by atoms with Gasteiger partial charge in [-0.25, -0.2) is 9.59 Å². The molecule has 1 fully saturated rings. The molecule has 1 aliphatic rings. The van der Waals surface area contributed by atoms with Crippen LogP contribution in [0.25, 0.3) is 6.08 Å². The zero-order chi connectivity index (χ0) is 19.2. The first-order valence-corrected chi connectivity index (χ1v) is 8.96. The molecule has 0 radical (unpaired) electrons. The molecule has 0 atom stereocenters. The number of hydrogen-bond donors (Lipinski definition) is 0. The van der Waals surface area contributed by atoms with Gasteiger partial charge in [-0.2, -0.15) is 0 Å². The van der Waals surface area contributed by atoms with Crippen LogP contribution in [-0.4, -0.2) is 55.3 Å². The van der Waals surface area contributed by atoms with E-state index in [1.54, 1.807) is 17.9 Å². The maximum absolute atomic E-state index is 12.1. The van der Waals surface area contributed by atoms with E-state index >= 15 is 0 Å². The lowest BCUT2D eigenvalue weighted by Gasteiger charge is -2.36. The van der Waals surface area contributed by atoms with Crippen molar-refractivity contribution in [3.8, 4) is 0 Å². The van der Waals surface area contributed by atoms with E-state index in [4.69, 9.17) is 9.47 Å². The number of carbonyl (C=O) groups is 2. The van der Waals surface area contributed by atoms with Crippen molar-refractivity contribution < 1.29 is 19.1 Å². The number of ether oxygens (including phenoxy) is 2. The van der Waals surface area contributed by atoms with Gasteiger partial charge in [0.05, 0.1) is 6.61 Å². The molecule has 0 bridgehead atoms. The fourth-order valence-corrected chi connectivity index (χ4v) is 2.62. The van der Waals surface area contributed by atoms with Crippen LogP contribution in [0.5, 0.6) is 0 Å². The highest BCUT2D eigenvalue weighted by atomic mass is 16.6. The smallest absolute Gasteiger partial charge is 0.410 e. The van der Waals surface area contributed by atoms with E-state index in [1.165, 1.54) is 6.08 Å². The molecule has 1 aliphatic heterocycles. The number of esters is 1. The number of amides is 1. The number of nitrogens with zero attached hydrogens (tertiary/aromatic N) is 2. The summed E-state index contributed by atoms with van der Waals surface area (Å²) in [6.07, 6.45) is 2.91. The van der Waals surface area contributed by atoms with Gasteiger partial charge in [-0.05, 0) is 51.5 Å². The summed E-state index contributed by atoms with van der Waals surface area (Å²) in [5.74, 6) is -0.338. The quantitative estimate of drug-likeness (QED) is 0.609. The number of rotatable bonds is 4. The molecular weight excluding hydrogens is 332 g/mol. The summed E-state index contributed by atoms with van der Waals surface area (Å²) in [6, 6.07) is 7.97. The van der Waals surface area contributed by atoms with Gasteiger partial charge in [0.2, 0.25) is 0 Å². The first-order chi connectivity index (χ1) is 12.3. The number of piperazine rings is 1. The van der Waals surface area contributed by atoms with Crippen molar-refractivity contribution in [2.24, 2.45) is 0 Å². The summed E-state index contributed by atoms with van der Waals surface area (Å²) in [5.41, 5.74) is 1.57. The third-order valence-corrected chi connectivity index (χ3v) is 3.89. The van der Waals surface area contributed by atoms with Crippen LogP contribution in [0.1, 0.15) is 33.3 Å². The highest BCUT2D eigenvalue weighted by molar-refractivity contribution is 5.87. The minimum atomic E-state index is -0.471. The molecule has 1 amide bonds. The van der Waals surface area contributed by atoms with Crippen LogP contribution in [0.2, 0.25) is 0 Å². The fourth-order valence-electron chi connectivity index (χ4n) is 2.62. The molecule has 0 aromatic heterocycles. The van der Waals surface area contributed by atoms with Gasteiger partial charge in [0.1, 0.15) is 5.60 Å². The first-order valence-electron chi connectivity index (χ1n) is 8.96. The van der Waals surface area contributed by atoms with E-state index in [0.717, 1.165) is 24.3 Å². The molecule has 142 valence electrons. The van der Waals surface area contributed by atoms with Crippen molar-refractivity contribution >= 4 is 23.8 Å². The van der Waals surface area contributed by atoms with Gasteiger partial charge in [-0.3, -0.25) is 0 Å².